The van der Waals surface area contributed by atoms with Gasteiger partial charge >= 0.3 is 0 Å². The molecule has 0 saturated heterocycles. The van der Waals surface area contributed by atoms with Crippen molar-refractivity contribution in [3.63, 3.8) is 0 Å². The van der Waals surface area contributed by atoms with Gasteiger partial charge < -0.3 is 10.5 Å². The molecule has 0 aromatic heterocycles. The van der Waals surface area contributed by atoms with Crippen LogP contribution in [0.2, 0.25) is 0 Å². The van der Waals surface area contributed by atoms with Gasteiger partial charge in [0.15, 0.2) is 0 Å². The van der Waals surface area contributed by atoms with Crippen molar-refractivity contribution < 1.29 is 4.74 Å². The zero-order valence-electron chi connectivity index (χ0n) is 9.38. The van der Waals surface area contributed by atoms with Crippen molar-refractivity contribution in [3.8, 4) is 5.75 Å². The maximum absolute atomic E-state index is 5.82. The first-order chi connectivity index (χ1) is 7.36. The number of hydrogen-bond donors (Lipinski definition) is 1. The van der Waals surface area contributed by atoms with Gasteiger partial charge in [-0.1, -0.05) is 12.5 Å². The largest absolute Gasteiger partial charge is 0.496 e. The summed E-state index contributed by atoms with van der Waals surface area (Å²) in [5.41, 5.74) is 9.97. The first-order valence-electron chi connectivity index (χ1n) is 5.74. The summed E-state index contributed by atoms with van der Waals surface area (Å²) < 4.78 is 5.36. The van der Waals surface area contributed by atoms with E-state index < -0.39 is 0 Å². The second-order valence-corrected chi connectivity index (χ2v) is 4.15. The van der Waals surface area contributed by atoms with E-state index in [9.17, 15) is 0 Å². The molecule has 0 bridgehead atoms. The van der Waals surface area contributed by atoms with Crippen molar-refractivity contribution in [3.05, 3.63) is 28.8 Å². The van der Waals surface area contributed by atoms with Crippen molar-refractivity contribution in [2.24, 2.45) is 5.73 Å². The second-order valence-electron chi connectivity index (χ2n) is 4.15. The summed E-state index contributed by atoms with van der Waals surface area (Å²) in [5, 5.41) is 0. The van der Waals surface area contributed by atoms with E-state index in [-0.39, 0.29) is 0 Å². The summed E-state index contributed by atoms with van der Waals surface area (Å²) in [6.45, 7) is 0.590. The lowest BCUT2D eigenvalue weighted by Gasteiger charge is -2.15. The van der Waals surface area contributed by atoms with Gasteiger partial charge in [0.1, 0.15) is 5.75 Å². The van der Waals surface area contributed by atoms with Crippen molar-refractivity contribution in [2.75, 3.05) is 7.11 Å². The predicted molar refractivity (Wildman–Crippen MR) is 62.1 cm³/mol. The zero-order chi connectivity index (χ0) is 10.7. The lowest BCUT2D eigenvalue weighted by atomic mass is 9.96. The van der Waals surface area contributed by atoms with E-state index in [2.05, 4.69) is 12.1 Å². The van der Waals surface area contributed by atoms with E-state index in [1.807, 2.05) is 0 Å². The first kappa shape index (κ1) is 10.5. The summed E-state index contributed by atoms with van der Waals surface area (Å²) >= 11 is 0. The molecule has 0 fully saturated rings. The third-order valence-electron chi connectivity index (χ3n) is 3.28. The van der Waals surface area contributed by atoms with Crippen molar-refractivity contribution in [1.29, 1.82) is 0 Å². The standard InChI is InChI=1S/C13H19NO/c1-15-13-8-7-10-5-3-2-4-6-11(10)12(13)9-14/h7-8H,2-6,9,14H2,1H3. The summed E-state index contributed by atoms with van der Waals surface area (Å²) in [6, 6.07) is 4.27. The van der Waals surface area contributed by atoms with Gasteiger partial charge in [0.25, 0.3) is 0 Å². The molecule has 0 atom stereocenters. The smallest absolute Gasteiger partial charge is 0.123 e. The Bertz CT molecular complexity index is 347. The van der Waals surface area contributed by atoms with Crippen LogP contribution in [-0.4, -0.2) is 7.11 Å². The molecule has 15 heavy (non-hydrogen) atoms. The molecular formula is C13H19NO. The molecule has 2 nitrogen and oxygen atoms in total. The number of methoxy groups -OCH3 is 1. The number of fused-ring (bicyclic) bond motifs is 1. The number of aryl methyl sites for hydroxylation is 1. The van der Waals surface area contributed by atoms with Crippen molar-refractivity contribution in [2.45, 2.75) is 38.6 Å². The average molecular weight is 205 g/mol. The molecule has 82 valence electrons. The van der Waals surface area contributed by atoms with Gasteiger partial charge in [-0.2, -0.15) is 0 Å². The maximum atomic E-state index is 5.82. The van der Waals surface area contributed by atoms with Crippen LogP contribution >= 0.6 is 0 Å². The summed E-state index contributed by atoms with van der Waals surface area (Å²) in [5.74, 6) is 0.957. The molecule has 1 aliphatic rings. The average Bonchev–Trinajstić information content (AvgIpc) is 2.52. The molecule has 1 aliphatic carbocycles. The molecular weight excluding hydrogens is 186 g/mol. The van der Waals surface area contributed by atoms with E-state index in [1.165, 1.54) is 48.8 Å². The van der Waals surface area contributed by atoms with Gasteiger partial charge in [-0.15, -0.1) is 0 Å². The first-order valence-corrected chi connectivity index (χ1v) is 5.74. The summed E-state index contributed by atoms with van der Waals surface area (Å²) in [7, 11) is 1.72. The number of ether oxygens (including phenoxy) is 1. The molecule has 0 spiro atoms. The molecule has 1 aromatic carbocycles. The lowest BCUT2D eigenvalue weighted by Crippen LogP contribution is -2.06. The van der Waals surface area contributed by atoms with E-state index in [0.29, 0.717) is 6.54 Å². The highest BCUT2D eigenvalue weighted by molar-refractivity contribution is 5.45. The fraction of sp³-hybridized carbons (Fsp3) is 0.538. The zero-order valence-corrected chi connectivity index (χ0v) is 9.38. The van der Waals surface area contributed by atoms with Gasteiger partial charge in [0.2, 0.25) is 0 Å². The third kappa shape index (κ3) is 2.00. The Kier molecular flexibility index (Phi) is 3.27. The SMILES string of the molecule is COc1ccc2c(c1CN)CCCCC2. The highest BCUT2D eigenvalue weighted by Crippen LogP contribution is 2.29. The highest BCUT2D eigenvalue weighted by atomic mass is 16.5. The molecule has 0 saturated carbocycles. The quantitative estimate of drug-likeness (QED) is 0.753. The van der Waals surface area contributed by atoms with Crippen LogP contribution in [0, 0.1) is 0 Å². The molecule has 0 heterocycles. The number of hydrogen-bond acceptors (Lipinski definition) is 2. The molecule has 0 radical (unpaired) electrons. The van der Waals surface area contributed by atoms with Crippen LogP contribution in [0.15, 0.2) is 12.1 Å². The lowest BCUT2D eigenvalue weighted by molar-refractivity contribution is 0.409. The van der Waals surface area contributed by atoms with Crippen LogP contribution in [0.25, 0.3) is 0 Å². The van der Waals surface area contributed by atoms with Crippen LogP contribution < -0.4 is 10.5 Å². The topological polar surface area (TPSA) is 35.2 Å². The van der Waals surface area contributed by atoms with Gasteiger partial charge in [-0.3, -0.25) is 0 Å². The molecule has 0 amide bonds. The van der Waals surface area contributed by atoms with Crippen LogP contribution in [-0.2, 0) is 19.4 Å². The molecule has 2 rings (SSSR count). The van der Waals surface area contributed by atoms with Crippen molar-refractivity contribution >= 4 is 0 Å². The molecule has 0 unspecified atom stereocenters. The van der Waals surface area contributed by atoms with Gasteiger partial charge in [-0.25, -0.2) is 0 Å². The van der Waals surface area contributed by atoms with E-state index in [0.717, 1.165) is 5.75 Å². The normalized spacial score (nSPS) is 15.6. The Balaban J connectivity index is 2.47. The highest BCUT2D eigenvalue weighted by Gasteiger charge is 2.14. The third-order valence-corrected chi connectivity index (χ3v) is 3.28. The van der Waals surface area contributed by atoms with E-state index >= 15 is 0 Å². The Hall–Kier alpha value is -1.02. The Morgan fingerprint density at radius 3 is 2.73 bits per heavy atom. The molecule has 0 aliphatic heterocycles. The van der Waals surface area contributed by atoms with E-state index in [1.54, 1.807) is 7.11 Å². The maximum Gasteiger partial charge on any atom is 0.123 e. The second kappa shape index (κ2) is 4.67. The minimum Gasteiger partial charge on any atom is -0.496 e. The predicted octanol–water partition coefficient (Wildman–Crippen LogP) is 2.42. The van der Waals surface area contributed by atoms with Gasteiger partial charge in [0.05, 0.1) is 7.11 Å². The summed E-state index contributed by atoms with van der Waals surface area (Å²) in [6.07, 6.45) is 6.29. The fourth-order valence-electron chi connectivity index (χ4n) is 2.47. The van der Waals surface area contributed by atoms with Crippen molar-refractivity contribution in [1.82, 2.24) is 0 Å². The van der Waals surface area contributed by atoms with Gasteiger partial charge in [0, 0.05) is 12.1 Å². The minimum absolute atomic E-state index is 0.590. The number of rotatable bonds is 2. The molecule has 2 N–H and O–H groups in total. The van der Waals surface area contributed by atoms with Crippen LogP contribution in [0.5, 0.6) is 5.75 Å². The molecule has 1 aromatic rings. The van der Waals surface area contributed by atoms with Crippen LogP contribution in [0.4, 0.5) is 0 Å². The van der Waals surface area contributed by atoms with Gasteiger partial charge in [-0.05, 0) is 42.9 Å². The summed E-state index contributed by atoms with van der Waals surface area (Å²) in [4.78, 5) is 0. The van der Waals surface area contributed by atoms with E-state index in [4.69, 9.17) is 10.5 Å². The Morgan fingerprint density at radius 1 is 1.20 bits per heavy atom. The number of nitrogens with two attached hydrogens (primary N) is 1. The fourth-order valence-corrected chi connectivity index (χ4v) is 2.47. The molecule has 2 heteroatoms. The minimum atomic E-state index is 0.590. The monoisotopic (exact) mass is 205 g/mol. The van der Waals surface area contributed by atoms with Crippen LogP contribution in [0.1, 0.15) is 36.0 Å². The Morgan fingerprint density at radius 2 is 2.00 bits per heavy atom. The van der Waals surface area contributed by atoms with Crippen LogP contribution in [0.3, 0.4) is 0 Å². The number of benzene rings is 1. The Labute approximate surface area is 91.4 Å².